The van der Waals surface area contributed by atoms with Crippen molar-refractivity contribution in [1.82, 2.24) is 20.5 Å². The molecule has 3 rings (SSSR count). The van der Waals surface area contributed by atoms with Crippen molar-refractivity contribution in [1.29, 1.82) is 0 Å². The highest BCUT2D eigenvalue weighted by Crippen LogP contribution is 2.14. The minimum absolute atomic E-state index is 0. The summed E-state index contributed by atoms with van der Waals surface area (Å²) >= 11 is 0. The molecule has 0 atom stereocenters. The molecule has 0 spiro atoms. The van der Waals surface area contributed by atoms with Crippen LogP contribution >= 0.6 is 24.0 Å². The zero-order valence-electron chi connectivity index (χ0n) is 16.4. The van der Waals surface area contributed by atoms with Gasteiger partial charge in [-0.15, -0.1) is 24.0 Å². The van der Waals surface area contributed by atoms with Crippen molar-refractivity contribution >= 4 is 29.9 Å². The highest BCUT2D eigenvalue weighted by molar-refractivity contribution is 14.0. The van der Waals surface area contributed by atoms with E-state index in [9.17, 15) is 0 Å². The molecule has 0 saturated carbocycles. The highest BCUT2D eigenvalue weighted by atomic mass is 127. The van der Waals surface area contributed by atoms with Crippen molar-refractivity contribution in [3.8, 4) is 0 Å². The van der Waals surface area contributed by atoms with Crippen LogP contribution in [0.2, 0.25) is 0 Å². The van der Waals surface area contributed by atoms with E-state index in [1.807, 2.05) is 13.8 Å². The summed E-state index contributed by atoms with van der Waals surface area (Å²) in [7, 11) is 1.80. The van der Waals surface area contributed by atoms with Gasteiger partial charge in [0.15, 0.2) is 5.96 Å². The van der Waals surface area contributed by atoms with Crippen molar-refractivity contribution in [2.24, 2.45) is 4.99 Å². The molecule has 1 aliphatic heterocycles. The number of oxazole rings is 1. The standard InChI is InChI=1S/C20H29N5O.HI/c1-15-16(2)26-19(23-15)13-22-20(21-3)24-18-9-11-25(12-10-18)14-17-7-5-4-6-8-17;/h4-8,18H,9-14H2,1-3H3,(H2,21,22,24);1H. The van der Waals surface area contributed by atoms with Gasteiger partial charge in [-0.3, -0.25) is 9.89 Å². The summed E-state index contributed by atoms with van der Waals surface area (Å²) in [6, 6.07) is 11.1. The maximum absolute atomic E-state index is 5.61. The number of piperidine rings is 1. The largest absolute Gasteiger partial charge is 0.444 e. The quantitative estimate of drug-likeness (QED) is 0.389. The molecule has 27 heavy (non-hydrogen) atoms. The van der Waals surface area contributed by atoms with Gasteiger partial charge in [-0.1, -0.05) is 30.3 Å². The van der Waals surface area contributed by atoms with Crippen molar-refractivity contribution < 1.29 is 4.42 Å². The van der Waals surface area contributed by atoms with Crippen LogP contribution in [0.15, 0.2) is 39.7 Å². The van der Waals surface area contributed by atoms with Crippen LogP contribution < -0.4 is 10.6 Å². The number of nitrogens with one attached hydrogen (secondary N) is 2. The molecule has 2 N–H and O–H groups in total. The second-order valence-corrected chi connectivity index (χ2v) is 6.86. The van der Waals surface area contributed by atoms with E-state index in [1.54, 1.807) is 7.05 Å². The Kier molecular flexibility index (Phi) is 8.56. The molecule has 0 unspecified atom stereocenters. The van der Waals surface area contributed by atoms with Gasteiger partial charge in [0, 0.05) is 32.7 Å². The van der Waals surface area contributed by atoms with E-state index in [4.69, 9.17) is 4.42 Å². The molecule has 1 aromatic heterocycles. The Morgan fingerprint density at radius 2 is 1.93 bits per heavy atom. The Bertz CT molecular complexity index is 704. The van der Waals surface area contributed by atoms with Crippen LogP contribution in [0.4, 0.5) is 0 Å². The van der Waals surface area contributed by atoms with Gasteiger partial charge >= 0.3 is 0 Å². The average Bonchev–Trinajstić information content (AvgIpc) is 2.98. The summed E-state index contributed by atoms with van der Waals surface area (Å²) in [5.41, 5.74) is 2.32. The summed E-state index contributed by atoms with van der Waals surface area (Å²) in [6.45, 7) is 7.66. The summed E-state index contributed by atoms with van der Waals surface area (Å²) in [5, 5.41) is 6.82. The first kappa shape index (κ1) is 21.7. The molecule has 0 bridgehead atoms. The number of benzene rings is 1. The molecule has 1 saturated heterocycles. The predicted molar refractivity (Wildman–Crippen MR) is 119 cm³/mol. The number of rotatable bonds is 5. The number of halogens is 1. The van der Waals surface area contributed by atoms with Gasteiger partial charge in [0.25, 0.3) is 0 Å². The smallest absolute Gasteiger partial charge is 0.214 e. The molecule has 2 aromatic rings. The van der Waals surface area contributed by atoms with Gasteiger partial charge in [-0.05, 0) is 32.3 Å². The van der Waals surface area contributed by atoms with Crippen LogP contribution in [0.1, 0.15) is 35.7 Å². The molecule has 1 fully saturated rings. The van der Waals surface area contributed by atoms with Crippen molar-refractivity contribution in [3.05, 3.63) is 53.2 Å². The summed E-state index contributed by atoms with van der Waals surface area (Å²) in [5.74, 6) is 2.37. The van der Waals surface area contributed by atoms with Gasteiger partial charge in [0.05, 0.1) is 12.2 Å². The van der Waals surface area contributed by atoms with Crippen LogP contribution in [0.3, 0.4) is 0 Å². The minimum atomic E-state index is 0. The molecular weight excluding hydrogens is 453 g/mol. The first-order chi connectivity index (χ1) is 12.6. The van der Waals surface area contributed by atoms with E-state index in [0.29, 0.717) is 18.5 Å². The molecule has 7 heteroatoms. The van der Waals surface area contributed by atoms with Crippen molar-refractivity contribution in [3.63, 3.8) is 0 Å². The van der Waals surface area contributed by atoms with Gasteiger partial charge in [0.2, 0.25) is 5.89 Å². The van der Waals surface area contributed by atoms with Gasteiger partial charge in [0.1, 0.15) is 5.76 Å². The second-order valence-electron chi connectivity index (χ2n) is 6.86. The van der Waals surface area contributed by atoms with Crippen molar-refractivity contribution in [2.75, 3.05) is 20.1 Å². The Hall–Kier alpha value is -1.61. The molecule has 0 amide bonds. The van der Waals surface area contributed by atoms with E-state index in [1.165, 1.54) is 5.56 Å². The average molecular weight is 483 g/mol. The number of likely N-dealkylation sites (tertiary alicyclic amines) is 1. The Morgan fingerprint density at radius 1 is 1.22 bits per heavy atom. The van der Waals surface area contributed by atoms with Gasteiger partial charge in [-0.25, -0.2) is 4.98 Å². The Balaban J connectivity index is 0.00000261. The minimum Gasteiger partial charge on any atom is -0.444 e. The van der Waals surface area contributed by atoms with E-state index in [2.05, 4.69) is 55.8 Å². The van der Waals surface area contributed by atoms with Crippen LogP contribution in [0.25, 0.3) is 0 Å². The predicted octanol–water partition coefficient (Wildman–Crippen LogP) is 3.24. The fraction of sp³-hybridized carbons (Fsp3) is 0.500. The third kappa shape index (κ3) is 6.49. The monoisotopic (exact) mass is 483 g/mol. The molecule has 1 aliphatic rings. The maximum atomic E-state index is 5.61. The molecular formula is C20H30IN5O. The lowest BCUT2D eigenvalue weighted by atomic mass is 10.0. The number of hydrogen-bond acceptors (Lipinski definition) is 4. The normalized spacial score (nSPS) is 16.0. The number of aromatic nitrogens is 1. The van der Waals surface area contributed by atoms with Crippen LogP contribution in [0.5, 0.6) is 0 Å². The number of guanidine groups is 1. The Morgan fingerprint density at radius 3 is 2.52 bits per heavy atom. The lowest BCUT2D eigenvalue weighted by molar-refractivity contribution is 0.198. The van der Waals surface area contributed by atoms with E-state index >= 15 is 0 Å². The number of aryl methyl sites for hydroxylation is 2. The van der Waals surface area contributed by atoms with Crippen LogP contribution in [-0.4, -0.2) is 42.0 Å². The fourth-order valence-electron chi connectivity index (χ4n) is 3.24. The molecule has 0 radical (unpaired) electrons. The lowest BCUT2D eigenvalue weighted by Gasteiger charge is -2.33. The first-order valence-corrected chi connectivity index (χ1v) is 9.30. The highest BCUT2D eigenvalue weighted by Gasteiger charge is 2.20. The van der Waals surface area contributed by atoms with Crippen molar-refractivity contribution in [2.45, 2.75) is 45.8 Å². The van der Waals surface area contributed by atoms with Gasteiger partial charge < -0.3 is 15.1 Å². The molecule has 6 nitrogen and oxygen atoms in total. The van der Waals surface area contributed by atoms with E-state index in [-0.39, 0.29) is 24.0 Å². The Labute approximate surface area is 178 Å². The van der Waals surface area contributed by atoms with Crippen LogP contribution in [-0.2, 0) is 13.1 Å². The first-order valence-electron chi connectivity index (χ1n) is 9.30. The fourth-order valence-corrected chi connectivity index (χ4v) is 3.24. The molecule has 148 valence electrons. The zero-order chi connectivity index (χ0) is 18.4. The number of hydrogen-bond donors (Lipinski definition) is 2. The second kappa shape index (κ2) is 10.7. The topological polar surface area (TPSA) is 65.7 Å². The number of aliphatic imine (C=N–C) groups is 1. The third-order valence-corrected chi connectivity index (χ3v) is 4.88. The molecule has 1 aromatic carbocycles. The summed E-state index contributed by atoms with van der Waals surface area (Å²) in [4.78, 5) is 11.2. The third-order valence-electron chi connectivity index (χ3n) is 4.88. The molecule has 2 heterocycles. The summed E-state index contributed by atoms with van der Waals surface area (Å²) < 4.78 is 5.61. The number of nitrogens with zero attached hydrogens (tertiary/aromatic N) is 3. The summed E-state index contributed by atoms with van der Waals surface area (Å²) in [6.07, 6.45) is 2.23. The SMILES string of the molecule is CN=C(NCc1nc(C)c(C)o1)NC1CCN(Cc2ccccc2)CC1.I. The molecule has 0 aliphatic carbocycles. The van der Waals surface area contributed by atoms with E-state index in [0.717, 1.165) is 49.9 Å². The maximum Gasteiger partial charge on any atom is 0.214 e. The van der Waals surface area contributed by atoms with Crippen LogP contribution in [0, 0.1) is 13.8 Å². The van der Waals surface area contributed by atoms with E-state index < -0.39 is 0 Å². The zero-order valence-corrected chi connectivity index (χ0v) is 18.7. The lowest BCUT2D eigenvalue weighted by Crippen LogP contribution is -2.48. The van der Waals surface area contributed by atoms with Gasteiger partial charge in [-0.2, -0.15) is 0 Å².